The number of fused-ring (bicyclic) bond motifs is 1. The number of alkyl halides is 3. The molecule has 1 aliphatic rings. The normalized spacial score (nSPS) is 16.3. The summed E-state index contributed by atoms with van der Waals surface area (Å²) < 4.78 is 67.3. The largest absolute Gasteiger partial charge is 0.416 e. The van der Waals surface area contributed by atoms with Crippen molar-refractivity contribution < 1.29 is 26.4 Å². The summed E-state index contributed by atoms with van der Waals surface area (Å²) >= 11 is 0. The molecule has 0 atom stereocenters. The first-order valence-electron chi connectivity index (χ1n) is 9.90. The third-order valence-electron chi connectivity index (χ3n) is 5.43. The molecule has 1 N–H and O–H groups in total. The van der Waals surface area contributed by atoms with Crippen LogP contribution in [0, 0.1) is 5.92 Å². The molecule has 1 aromatic carbocycles. The lowest BCUT2D eigenvalue weighted by Crippen LogP contribution is -2.43. The number of carbonyl (C=O) groups excluding carboxylic acids is 1. The third kappa shape index (κ3) is 4.46. The minimum absolute atomic E-state index is 0.0462. The molecule has 1 aliphatic heterocycles. The number of benzene rings is 1. The number of hydrogen-bond acceptors (Lipinski definition) is 5. The summed E-state index contributed by atoms with van der Waals surface area (Å²) in [5.74, 6) is -0.0607. The molecule has 32 heavy (non-hydrogen) atoms. The molecule has 170 valence electrons. The standard InChI is InChI=1S/C20H20F3N5O3S/c21-20(22,23)15-4-3-5-16(12-15)32(30,31)27-10-7-14(8-11-27)19(29)24-13-18-26-25-17-6-1-2-9-28(17)18/h1-6,9,12,14H,7-8,10-11,13H2,(H,24,29). The molecule has 8 nitrogen and oxygen atoms in total. The summed E-state index contributed by atoms with van der Waals surface area (Å²) in [6.45, 7) is 0.266. The number of sulfonamides is 1. The van der Waals surface area contributed by atoms with E-state index in [1.54, 1.807) is 16.7 Å². The third-order valence-corrected chi connectivity index (χ3v) is 7.32. The molecular weight excluding hydrogens is 447 g/mol. The van der Waals surface area contributed by atoms with Crippen LogP contribution >= 0.6 is 0 Å². The Morgan fingerprint density at radius 2 is 1.84 bits per heavy atom. The average molecular weight is 467 g/mol. The van der Waals surface area contributed by atoms with Crippen molar-refractivity contribution in [2.75, 3.05) is 13.1 Å². The Bertz CT molecular complexity index is 1230. The first-order valence-corrected chi connectivity index (χ1v) is 11.3. The number of hydrogen-bond donors (Lipinski definition) is 1. The number of nitrogens with zero attached hydrogens (tertiary/aromatic N) is 4. The topological polar surface area (TPSA) is 96.7 Å². The number of rotatable bonds is 5. The molecule has 2 aromatic heterocycles. The van der Waals surface area contributed by atoms with Crippen molar-refractivity contribution in [1.82, 2.24) is 24.2 Å². The van der Waals surface area contributed by atoms with Gasteiger partial charge in [0.1, 0.15) is 0 Å². The number of halogens is 3. The van der Waals surface area contributed by atoms with Crippen molar-refractivity contribution in [3.63, 3.8) is 0 Å². The van der Waals surface area contributed by atoms with Crippen molar-refractivity contribution in [1.29, 1.82) is 0 Å². The zero-order chi connectivity index (χ0) is 22.9. The van der Waals surface area contributed by atoms with E-state index in [-0.39, 0.29) is 38.4 Å². The summed E-state index contributed by atoms with van der Waals surface area (Å²) in [5, 5.41) is 10.9. The quantitative estimate of drug-likeness (QED) is 0.622. The highest BCUT2D eigenvalue weighted by molar-refractivity contribution is 7.89. The molecule has 0 bridgehead atoms. The Balaban J connectivity index is 1.36. The molecule has 12 heteroatoms. The molecule has 0 aliphatic carbocycles. The Hall–Kier alpha value is -2.99. The Morgan fingerprint density at radius 3 is 2.56 bits per heavy atom. The highest BCUT2D eigenvalue weighted by atomic mass is 32.2. The molecule has 0 unspecified atom stereocenters. The highest BCUT2D eigenvalue weighted by Gasteiger charge is 2.35. The van der Waals surface area contributed by atoms with E-state index in [4.69, 9.17) is 0 Å². The van der Waals surface area contributed by atoms with Gasteiger partial charge in [-0.1, -0.05) is 12.1 Å². The lowest BCUT2D eigenvalue weighted by molar-refractivity contribution is -0.137. The minimum atomic E-state index is -4.63. The van der Waals surface area contributed by atoms with Crippen LogP contribution in [0.15, 0.2) is 53.6 Å². The monoisotopic (exact) mass is 467 g/mol. The zero-order valence-electron chi connectivity index (χ0n) is 16.8. The van der Waals surface area contributed by atoms with Crippen LogP contribution in [0.2, 0.25) is 0 Å². The number of aromatic nitrogens is 3. The van der Waals surface area contributed by atoms with Gasteiger partial charge in [0.05, 0.1) is 17.0 Å². The summed E-state index contributed by atoms with van der Waals surface area (Å²) in [5.41, 5.74) is -0.362. The molecule has 3 heterocycles. The zero-order valence-corrected chi connectivity index (χ0v) is 17.6. The molecule has 3 aromatic rings. The second kappa shape index (κ2) is 8.51. The SMILES string of the molecule is O=C(NCc1nnc2ccccn12)C1CCN(S(=O)(=O)c2cccc(C(F)(F)F)c2)CC1. The van der Waals surface area contributed by atoms with Gasteiger partial charge in [-0.05, 0) is 43.2 Å². The van der Waals surface area contributed by atoms with E-state index in [9.17, 15) is 26.4 Å². The molecule has 0 radical (unpaired) electrons. The van der Waals surface area contributed by atoms with Gasteiger partial charge in [0.25, 0.3) is 0 Å². The Labute approximate surface area is 182 Å². The number of carbonyl (C=O) groups is 1. The van der Waals surface area contributed by atoms with Gasteiger partial charge in [0.15, 0.2) is 11.5 Å². The summed E-state index contributed by atoms with van der Waals surface area (Å²) in [7, 11) is -4.09. The van der Waals surface area contributed by atoms with Crippen LogP contribution in [0.1, 0.15) is 24.2 Å². The van der Waals surface area contributed by atoms with Gasteiger partial charge >= 0.3 is 6.18 Å². The van der Waals surface area contributed by atoms with Crippen molar-refractivity contribution >= 4 is 21.6 Å². The molecule has 1 amide bonds. The van der Waals surface area contributed by atoms with E-state index in [1.165, 1.54) is 0 Å². The van der Waals surface area contributed by atoms with Crippen LogP contribution in [-0.2, 0) is 27.5 Å². The second-order valence-corrected chi connectivity index (χ2v) is 9.40. The van der Waals surface area contributed by atoms with Crippen LogP contribution in [0.3, 0.4) is 0 Å². The average Bonchev–Trinajstić information content (AvgIpc) is 3.20. The van der Waals surface area contributed by atoms with Gasteiger partial charge in [0.2, 0.25) is 15.9 Å². The van der Waals surface area contributed by atoms with Crippen LogP contribution in [0.5, 0.6) is 0 Å². The lowest BCUT2D eigenvalue weighted by Gasteiger charge is -2.30. The highest BCUT2D eigenvalue weighted by Crippen LogP contribution is 2.32. The number of piperidine rings is 1. The van der Waals surface area contributed by atoms with Crippen molar-refractivity contribution in [2.24, 2.45) is 5.92 Å². The Morgan fingerprint density at radius 1 is 1.09 bits per heavy atom. The predicted octanol–water partition coefficient (Wildman–Crippen LogP) is 2.47. The number of pyridine rings is 1. The molecule has 0 spiro atoms. The van der Waals surface area contributed by atoms with Gasteiger partial charge in [-0.15, -0.1) is 10.2 Å². The fraction of sp³-hybridized carbons (Fsp3) is 0.350. The van der Waals surface area contributed by atoms with Gasteiger partial charge in [-0.2, -0.15) is 17.5 Å². The van der Waals surface area contributed by atoms with Crippen molar-refractivity contribution in [3.05, 3.63) is 60.0 Å². The van der Waals surface area contributed by atoms with Crippen LogP contribution in [0.25, 0.3) is 5.65 Å². The van der Waals surface area contributed by atoms with Gasteiger partial charge in [0, 0.05) is 25.2 Å². The first kappa shape index (κ1) is 22.2. The molecule has 1 fully saturated rings. The van der Waals surface area contributed by atoms with E-state index in [1.807, 2.05) is 12.1 Å². The van der Waals surface area contributed by atoms with Gasteiger partial charge in [-0.3, -0.25) is 9.20 Å². The molecular formula is C20H20F3N5O3S. The molecule has 4 rings (SSSR count). The van der Waals surface area contributed by atoms with Crippen molar-refractivity contribution in [3.8, 4) is 0 Å². The van der Waals surface area contributed by atoms with Gasteiger partial charge in [-0.25, -0.2) is 8.42 Å². The lowest BCUT2D eigenvalue weighted by atomic mass is 9.97. The van der Waals surface area contributed by atoms with E-state index >= 15 is 0 Å². The fourth-order valence-electron chi connectivity index (χ4n) is 3.66. The molecule has 1 saturated heterocycles. The number of nitrogens with one attached hydrogen (secondary N) is 1. The molecule has 0 saturated carbocycles. The van der Waals surface area contributed by atoms with Gasteiger partial charge < -0.3 is 5.32 Å². The second-order valence-electron chi connectivity index (χ2n) is 7.47. The van der Waals surface area contributed by atoms with E-state index in [0.717, 1.165) is 22.5 Å². The Kier molecular flexibility index (Phi) is 5.91. The van der Waals surface area contributed by atoms with E-state index in [0.29, 0.717) is 17.5 Å². The van der Waals surface area contributed by atoms with Crippen LogP contribution in [0.4, 0.5) is 13.2 Å². The number of amides is 1. The maximum atomic E-state index is 12.9. The maximum Gasteiger partial charge on any atom is 0.416 e. The minimum Gasteiger partial charge on any atom is -0.349 e. The van der Waals surface area contributed by atoms with E-state index < -0.39 is 32.6 Å². The fourth-order valence-corrected chi connectivity index (χ4v) is 5.18. The van der Waals surface area contributed by atoms with E-state index in [2.05, 4.69) is 15.5 Å². The first-order chi connectivity index (χ1) is 15.2. The predicted molar refractivity (Wildman–Crippen MR) is 108 cm³/mol. The summed E-state index contributed by atoms with van der Waals surface area (Å²) in [6, 6.07) is 9.12. The summed E-state index contributed by atoms with van der Waals surface area (Å²) in [6.07, 6.45) is -2.31. The smallest absolute Gasteiger partial charge is 0.349 e. The van der Waals surface area contributed by atoms with Crippen molar-refractivity contribution in [2.45, 2.75) is 30.5 Å². The maximum absolute atomic E-state index is 12.9. The van der Waals surface area contributed by atoms with Crippen LogP contribution < -0.4 is 5.32 Å². The summed E-state index contributed by atoms with van der Waals surface area (Å²) in [4.78, 5) is 12.1. The van der Waals surface area contributed by atoms with Crippen LogP contribution in [-0.4, -0.2) is 46.3 Å².